The quantitative estimate of drug-likeness (QED) is 0.557. The molecule has 5 nitrogen and oxygen atoms in total. The Morgan fingerprint density at radius 2 is 2.22 bits per heavy atom. The smallest absolute Gasteiger partial charge is 0.191 e. The lowest BCUT2D eigenvalue weighted by Crippen LogP contribution is -2.49. The van der Waals surface area contributed by atoms with Crippen molar-refractivity contribution < 1.29 is 4.74 Å². The minimum Gasteiger partial charge on any atom is -0.381 e. The lowest BCUT2D eigenvalue weighted by atomic mass is 9.88. The molecule has 0 saturated carbocycles. The van der Waals surface area contributed by atoms with E-state index in [2.05, 4.69) is 51.3 Å². The standard InChI is InChI=1S/C20H34N4OS2/c1-21-19(23-15-20(26-3)8-11-25-12-9-20)22-14-16-6-4-10-24(2)18(16)17-7-5-13-27-17/h5,7,13,16,18H,4,6,8-12,14-15H2,1-3H3,(H2,21,22,23). The predicted molar refractivity (Wildman–Crippen MR) is 118 cm³/mol. The first-order chi connectivity index (χ1) is 13.2. The van der Waals surface area contributed by atoms with Crippen molar-refractivity contribution in [1.82, 2.24) is 15.5 Å². The largest absolute Gasteiger partial charge is 0.381 e. The number of rotatable bonds is 6. The molecule has 0 aliphatic carbocycles. The zero-order chi connectivity index (χ0) is 19.1. The third kappa shape index (κ3) is 5.40. The van der Waals surface area contributed by atoms with E-state index in [9.17, 15) is 0 Å². The lowest BCUT2D eigenvalue weighted by Gasteiger charge is -2.39. The summed E-state index contributed by atoms with van der Waals surface area (Å²) in [4.78, 5) is 8.47. The van der Waals surface area contributed by atoms with Crippen LogP contribution in [-0.4, -0.2) is 68.8 Å². The zero-order valence-electron chi connectivity index (χ0n) is 16.9. The van der Waals surface area contributed by atoms with Gasteiger partial charge < -0.3 is 15.4 Å². The molecule has 2 fully saturated rings. The van der Waals surface area contributed by atoms with Gasteiger partial charge in [0.15, 0.2) is 5.96 Å². The molecule has 152 valence electrons. The SMILES string of the molecule is CN=C(NCC1CCCN(C)C1c1cccs1)NCC1(SC)CCOCC1. The van der Waals surface area contributed by atoms with Crippen molar-refractivity contribution in [2.24, 2.45) is 10.9 Å². The first-order valence-corrected chi connectivity index (χ1v) is 12.1. The second-order valence-corrected chi connectivity index (χ2v) is 9.90. The molecule has 2 aliphatic heterocycles. The third-order valence-electron chi connectivity index (χ3n) is 6.01. The van der Waals surface area contributed by atoms with E-state index in [1.54, 1.807) is 0 Å². The van der Waals surface area contributed by atoms with Crippen LogP contribution in [0.5, 0.6) is 0 Å². The minimum atomic E-state index is 0.264. The van der Waals surface area contributed by atoms with Crippen LogP contribution in [0.25, 0.3) is 0 Å². The second-order valence-electron chi connectivity index (χ2n) is 7.65. The van der Waals surface area contributed by atoms with Gasteiger partial charge in [0.25, 0.3) is 0 Å². The van der Waals surface area contributed by atoms with Gasteiger partial charge in [0.1, 0.15) is 0 Å². The molecule has 3 rings (SSSR count). The van der Waals surface area contributed by atoms with Crippen molar-refractivity contribution in [3.63, 3.8) is 0 Å². The maximum atomic E-state index is 5.55. The Morgan fingerprint density at radius 3 is 2.89 bits per heavy atom. The molecule has 2 saturated heterocycles. The van der Waals surface area contributed by atoms with Crippen molar-refractivity contribution in [1.29, 1.82) is 0 Å². The van der Waals surface area contributed by atoms with E-state index < -0.39 is 0 Å². The number of aliphatic imine (C=N–C) groups is 1. The average molecular weight is 411 g/mol. The van der Waals surface area contributed by atoms with Gasteiger partial charge in [0, 0.05) is 49.0 Å². The number of hydrogen-bond donors (Lipinski definition) is 2. The fraction of sp³-hybridized carbons (Fsp3) is 0.750. The van der Waals surface area contributed by atoms with Gasteiger partial charge >= 0.3 is 0 Å². The van der Waals surface area contributed by atoms with E-state index in [-0.39, 0.29) is 4.75 Å². The number of nitrogens with zero attached hydrogens (tertiary/aromatic N) is 2. The molecule has 2 N–H and O–H groups in total. The summed E-state index contributed by atoms with van der Waals surface area (Å²) in [6.07, 6.45) is 6.96. The van der Waals surface area contributed by atoms with Gasteiger partial charge in [-0.15, -0.1) is 11.3 Å². The van der Waals surface area contributed by atoms with Crippen molar-refractivity contribution >= 4 is 29.1 Å². The summed E-state index contributed by atoms with van der Waals surface area (Å²) >= 11 is 3.84. The molecule has 27 heavy (non-hydrogen) atoms. The molecule has 0 aromatic carbocycles. The Balaban J connectivity index is 1.55. The van der Waals surface area contributed by atoms with E-state index in [1.807, 2.05) is 30.1 Å². The summed E-state index contributed by atoms with van der Waals surface area (Å²) in [6.45, 7) is 4.82. The van der Waals surface area contributed by atoms with Crippen molar-refractivity contribution in [3.05, 3.63) is 22.4 Å². The normalized spacial score (nSPS) is 26.7. The molecular formula is C20H34N4OS2. The molecular weight excluding hydrogens is 376 g/mol. The van der Waals surface area contributed by atoms with Gasteiger partial charge in [-0.3, -0.25) is 9.89 Å². The first kappa shape index (κ1) is 21.0. The van der Waals surface area contributed by atoms with Gasteiger partial charge in [-0.2, -0.15) is 11.8 Å². The molecule has 7 heteroatoms. The number of thioether (sulfide) groups is 1. The number of nitrogens with one attached hydrogen (secondary N) is 2. The number of likely N-dealkylation sites (tertiary alicyclic amines) is 1. The van der Waals surface area contributed by atoms with Crippen LogP contribution in [0.3, 0.4) is 0 Å². The summed E-state index contributed by atoms with van der Waals surface area (Å²) < 4.78 is 5.82. The Hall–Kier alpha value is -0.760. The highest BCUT2D eigenvalue weighted by Crippen LogP contribution is 2.37. The Kier molecular flexibility index (Phi) is 7.87. The molecule has 0 amide bonds. The number of ether oxygens (including phenoxy) is 1. The molecule has 1 aromatic heterocycles. The second kappa shape index (κ2) is 10.1. The van der Waals surface area contributed by atoms with Gasteiger partial charge in [0.05, 0.1) is 0 Å². The minimum absolute atomic E-state index is 0.264. The fourth-order valence-electron chi connectivity index (χ4n) is 4.27. The van der Waals surface area contributed by atoms with Crippen LogP contribution < -0.4 is 10.6 Å². The zero-order valence-corrected chi connectivity index (χ0v) is 18.5. The highest BCUT2D eigenvalue weighted by atomic mass is 32.2. The van der Waals surface area contributed by atoms with Crippen LogP contribution in [0.15, 0.2) is 22.5 Å². The molecule has 0 spiro atoms. The monoisotopic (exact) mass is 410 g/mol. The molecule has 3 heterocycles. The molecule has 0 bridgehead atoms. The van der Waals surface area contributed by atoms with Gasteiger partial charge in [-0.1, -0.05) is 6.07 Å². The maximum Gasteiger partial charge on any atom is 0.191 e. The predicted octanol–water partition coefficient (Wildman–Crippen LogP) is 3.21. The van der Waals surface area contributed by atoms with Crippen LogP contribution in [0, 0.1) is 5.92 Å². The first-order valence-electron chi connectivity index (χ1n) is 9.98. The van der Waals surface area contributed by atoms with Gasteiger partial charge in [-0.05, 0) is 62.9 Å². The van der Waals surface area contributed by atoms with Crippen molar-refractivity contribution in [2.75, 3.05) is 53.2 Å². The van der Waals surface area contributed by atoms with Gasteiger partial charge in [0.2, 0.25) is 0 Å². The molecule has 2 unspecified atom stereocenters. The van der Waals surface area contributed by atoms with Gasteiger partial charge in [-0.25, -0.2) is 0 Å². The summed E-state index contributed by atoms with van der Waals surface area (Å²) in [5.41, 5.74) is 0. The molecule has 1 aromatic rings. The van der Waals surface area contributed by atoms with Crippen molar-refractivity contribution in [2.45, 2.75) is 36.5 Å². The number of guanidine groups is 1. The number of thiophene rings is 1. The van der Waals surface area contributed by atoms with Crippen LogP contribution in [0.4, 0.5) is 0 Å². The summed E-state index contributed by atoms with van der Waals surface area (Å²) in [7, 11) is 4.13. The highest BCUT2D eigenvalue weighted by molar-refractivity contribution is 8.00. The summed E-state index contributed by atoms with van der Waals surface area (Å²) in [5, 5.41) is 9.38. The summed E-state index contributed by atoms with van der Waals surface area (Å²) in [5.74, 6) is 1.53. The van der Waals surface area contributed by atoms with E-state index >= 15 is 0 Å². The molecule has 0 radical (unpaired) electrons. The van der Waals surface area contributed by atoms with Crippen LogP contribution in [0.1, 0.15) is 36.6 Å². The Morgan fingerprint density at radius 1 is 1.41 bits per heavy atom. The molecule has 2 aliphatic rings. The third-order valence-corrected chi connectivity index (χ3v) is 8.37. The molecule has 2 atom stereocenters. The van der Waals surface area contributed by atoms with Crippen molar-refractivity contribution in [3.8, 4) is 0 Å². The number of hydrogen-bond acceptors (Lipinski definition) is 5. The van der Waals surface area contributed by atoms with Crippen LogP contribution in [-0.2, 0) is 4.74 Å². The Labute approximate surface area is 172 Å². The van der Waals surface area contributed by atoms with E-state index in [1.165, 1.54) is 24.3 Å². The van der Waals surface area contributed by atoms with E-state index in [0.717, 1.165) is 45.1 Å². The van der Waals surface area contributed by atoms with E-state index in [4.69, 9.17) is 4.74 Å². The van der Waals surface area contributed by atoms with Crippen LogP contribution >= 0.6 is 23.1 Å². The summed E-state index contributed by atoms with van der Waals surface area (Å²) in [6, 6.07) is 4.96. The van der Waals surface area contributed by atoms with Crippen LogP contribution in [0.2, 0.25) is 0 Å². The maximum absolute atomic E-state index is 5.55. The Bertz CT molecular complexity index is 587. The van der Waals surface area contributed by atoms with E-state index in [0.29, 0.717) is 12.0 Å². The fourth-order valence-corrected chi connectivity index (χ4v) is 6.05. The highest BCUT2D eigenvalue weighted by Gasteiger charge is 2.33. The lowest BCUT2D eigenvalue weighted by molar-refractivity contribution is 0.0782. The number of piperidine rings is 1. The topological polar surface area (TPSA) is 48.9 Å². The average Bonchev–Trinajstić information content (AvgIpc) is 3.23.